The normalized spacial score (nSPS) is 9.94. The Morgan fingerprint density at radius 3 is 2.94 bits per heavy atom. The molecule has 6 heteroatoms. The zero-order valence-electron chi connectivity index (χ0n) is 9.47. The molecule has 1 aromatic heterocycles. The minimum Gasteiger partial charge on any atom is -0.481 e. The van der Waals surface area contributed by atoms with E-state index in [0.717, 1.165) is 0 Å². The predicted molar refractivity (Wildman–Crippen MR) is 65.2 cm³/mol. The number of carbonyl (C=O) groups excluding carboxylic acids is 1. The molecule has 0 atom stereocenters. The van der Waals surface area contributed by atoms with Crippen LogP contribution in [0, 0.1) is 0 Å². The van der Waals surface area contributed by atoms with Gasteiger partial charge in [0.05, 0.1) is 5.56 Å². The fraction of sp³-hybridized carbons (Fsp3) is 0.364. The minimum atomic E-state index is -0.856. The minimum absolute atomic E-state index is 0.0582. The molecule has 1 heterocycles. The van der Waals surface area contributed by atoms with E-state index in [1.54, 1.807) is 18.3 Å². The molecule has 5 nitrogen and oxygen atoms in total. The molecule has 92 valence electrons. The first-order valence-corrected chi connectivity index (χ1v) is 6.36. The van der Waals surface area contributed by atoms with Gasteiger partial charge in [-0.05, 0) is 24.8 Å². The molecule has 0 bridgehead atoms. The Morgan fingerprint density at radius 2 is 2.29 bits per heavy atom. The molecule has 17 heavy (non-hydrogen) atoms. The lowest BCUT2D eigenvalue weighted by Gasteiger charge is -2.06. The lowest BCUT2D eigenvalue weighted by atomic mass is 10.2. The molecular weight excluding hydrogens is 240 g/mol. The van der Waals surface area contributed by atoms with Crippen LogP contribution < -0.4 is 5.32 Å². The van der Waals surface area contributed by atoms with E-state index >= 15 is 0 Å². The third-order valence-electron chi connectivity index (χ3n) is 2.06. The highest BCUT2D eigenvalue weighted by Crippen LogP contribution is 2.16. The summed E-state index contributed by atoms with van der Waals surface area (Å²) in [4.78, 5) is 26.1. The smallest absolute Gasteiger partial charge is 0.303 e. The summed E-state index contributed by atoms with van der Waals surface area (Å²) in [5.41, 5.74) is 0.523. The number of rotatable bonds is 6. The summed E-state index contributed by atoms with van der Waals surface area (Å²) in [6, 6.07) is 3.40. The number of amides is 1. The van der Waals surface area contributed by atoms with Gasteiger partial charge < -0.3 is 10.4 Å². The molecule has 0 aromatic carbocycles. The van der Waals surface area contributed by atoms with Crippen LogP contribution in [-0.4, -0.2) is 34.8 Å². The molecule has 0 unspecified atom stereocenters. The summed E-state index contributed by atoms with van der Waals surface area (Å²) in [6.07, 6.45) is 3.97. The average molecular weight is 254 g/mol. The number of nitrogens with one attached hydrogen (secondary N) is 1. The monoisotopic (exact) mass is 254 g/mol. The van der Waals surface area contributed by atoms with Gasteiger partial charge in [-0.2, -0.15) is 0 Å². The molecule has 2 N–H and O–H groups in total. The maximum atomic E-state index is 11.8. The second-order valence-corrected chi connectivity index (χ2v) is 4.11. The zero-order valence-corrected chi connectivity index (χ0v) is 10.3. The molecular formula is C11H14N2O3S. The number of aliphatic carboxylic acids is 1. The standard InChI is InChI=1S/C11H14N2O3S/c1-17-11-8(4-2-7-13-11)10(16)12-6-3-5-9(14)15/h2,4,7H,3,5-6H2,1H3,(H,12,16)(H,14,15). The Bertz CT molecular complexity index is 409. The number of hydrogen-bond acceptors (Lipinski definition) is 4. The van der Waals surface area contributed by atoms with Crippen molar-refractivity contribution in [1.82, 2.24) is 10.3 Å². The van der Waals surface area contributed by atoms with Gasteiger partial charge >= 0.3 is 5.97 Å². The van der Waals surface area contributed by atoms with Crippen molar-refractivity contribution in [3.8, 4) is 0 Å². The van der Waals surface area contributed by atoms with Gasteiger partial charge in [0.2, 0.25) is 0 Å². The van der Waals surface area contributed by atoms with Crippen molar-refractivity contribution < 1.29 is 14.7 Å². The molecule has 0 saturated heterocycles. The molecule has 0 saturated carbocycles. The number of pyridine rings is 1. The fourth-order valence-electron chi connectivity index (χ4n) is 1.26. The van der Waals surface area contributed by atoms with Crippen molar-refractivity contribution in [3.63, 3.8) is 0 Å². The molecule has 0 aliphatic rings. The largest absolute Gasteiger partial charge is 0.481 e. The van der Waals surface area contributed by atoms with Crippen LogP contribution in [0.15, 0.2) is 23.4 Å². The highest BCUT2D eigenvalue weighted by molar-refractivity contribution is 7.98. The third-order valence-corrected chi connectivity index (χ3v) is 2.77. The molecule has 1 amide bonds. The van der Waals surface area contributed by atoms with E-state index in [9.17, 15) is 9.59 Å². The Balaban J connectivity index is 2.49. The fourth-order valence-corrected chi connectivity index (χ4v) is 1.81. The Hall–Kier alpha value is -1.56. The molecule has 0 spiro atoms. The van der Waals surface area contributed by atoms with Gasteiger partial charge in [0.25, 0.3) is 5.91 Å². The number of carboxylic acids is 1. The van der Waals surface area contributed by atoms with Crippen molar-refractivity contribution in [2.75, 3.05) is 12.8 Å². The van der Waals surface area contributed by atoms with Gasteiger partial charge in [-0.3, -0.25) is 9.59 Å². The zero-order chi connectivity index (χ0) is 12.7. The van der Waals surface area contributed by atoms with Crippen molar-refractivity contribution in [2.45, 2.75) is 17.9 Å². The van der Waals surface area contributed by atoms with Crippen molar-refractivity contribution >= 4 is 23.6 Å². The van der Waals surface area contributed by atoms with Crippen LogP contribution in [0.3, 0.4) is 0 Å². The summed E-state index contributed by atoms with van der Waals surface area (Å²) in [7, 11) is 0. The number of carboxylic acid groups (broad SMARTS) is 1. The topological polar surface area (TPSA) is 79.3 Å². The van der Waals surface area contributed by atoms with E-state index in [4.69, 9.17) is 5.11 Å². The van der Waals surface area contributed by atoms with Gasteiger partial charge in [-0.15, -0.1) is 11.8 Å². The quantitative estimate of drug-likeness (QED) is 0.592. The van der Waals surface area contributed by atoms with Crippen LogP contribution in [0.25, 0.3) is 0 Å². The van der Waals surface area contributed by atoms with Gasteiger partial charge in [-0.1, -0.05) is 0 Å². The van der Waals surface area contributed by atoms with Crippen LogP contribution in [0.2, 0.25) is 0 Å². The second-order valence-electron chi connectivity index (χ2n) is 3.31. The molecule has 0 aliphatic carbocycles. The van der Waals surface area contributed by atoms with Gasteiger partial charge in [0, 0.05) is 19.2 Å². The van der Waals surface area contributed by atoms with Crippen LogP contribution in [-0.2, 0) is 4.79 Å². The van der Waals surface area contributed by atoms with Gasteiger partial charge in [0.15, 0.2) is 0 Å². The van der Waals surface area contributed by atoms with E-state index in [2.05, 4.69) is 10.3 Å². The number of aromatic nitrogens is 1. The molecule has 0 radical (unpaired) electrons. The van der Waals surface area contributed by atoms with Crippen LogP contribution in [0.1, 0.15) is 23.2 Å². The molecule has 1 aromatic rings. The van der Waals surface area contributed by atoms with Crippen LogP contribution in [0.4, 0.5) is 0 Å². The van der Waals surface area contributed by atoms with Crippen molar-refractivity contribution in [2.24, 2.45) is 0 Å². The van der Waals surface area contributed by atoms with E-state index in [-0.39, 0.29) is 12.3 Å². The number of nitrogens with zero attached hydrogens (tertiary/aromatic N) is 1. The molecule has 0 aliphatic heterocycles. The summed E-state index contributed by atoms with van der Waals surface area (Å²) in [5, 5.41) is 11.8. The van der Waals surface area contributed by atoms with Crippen molar-refractivity contribution in [3.05, 3.63) is 23.9 Å². The maximum Gasteiger partial charge on any atom is 0.303 e. The van der Waals surface area contributed by atoms with Crippen LogP contribution in [0.5, 0.6) is 0 Å². The van der Waals surface area contributed by atoms with Crippen molar-refractivity contribution in [1.29, 1.82) is 0 Å². The predicted octanol–water partition coefficient (Wildman–Crippen LogP) is 1.40. The SMILES string of the molecule is CSc1ncccc1C(=O)NCCCC(=O)O. The molecule has 0 fully saturated rings. The third kappa shape index (κ3) is 4.44. The van der Waals surface area contributed by atoms with Gasteiger partial charge in [-0.25, -0.2) is 4.98 Å². The van der Waals surface area contributed by atoms with E-state index in [1.165, 1.54) is 11.8 Å². The second kappa shape index (κ2) is 6.90. The molecule has 1 rings (SSSR count). The lowest BCUT2D eigenvalue weighted by molar-refractivity contribution is -0.137. The van der Waals surface area contributed by atoms with Gasteiger partial charge in [0.1, 0.15) is 5.03 Å². The summed E-state index contributed by atoms with van der Waals surface area (Å²) < 4.78 is 0. The first-order valence-electron chi connectivity index (χ1n) is 5.14. The highest BCUT2D eigenvalue weighted by atomic mass is 32.2. The van der Waals surface area contributed by atoms with E-state index < -0.39 is 5.97 Å². The summed E-state index contributed by atoms with van der Waals surface area (Å²) in [5.74, 6) is -1.07. The van der Waals surface area contributed by atoms with E-state index in [0.29, 0.717) is 23.6 Å². The lowest BCUT2D eigenvalue weighted by Crippen LogP contribution is -2.25. The first kappa shape index (κ1) is 13.5. The first-order chi connectivity index (χ1) is 8.15. The summed E-state index contributed by atoms with van der Waals surface area (Å²) >= 11 is 1.40. The Labute approximate surface area is 104 Å². The number of thioether (sulfide) groups is 1. The highest BCUT2D eigenvalue weighted by Gasteiger charge is 2.10. The maximum absolute atomic E-state index is 11.8. The summed E-state index contributed by atoms with van der Waals surface area (Å²) in [6.45, 7) is 0.355. The number of carbonyl (C=O) groups is 2. The van der Waals surface area contributed by atoms with Crippen LogP contribution >= 0.6 is 11.8 Å². The Morgan fingerprint density at radius 1 is 1.53 bits per heavy atom. The van der Waals surface area contributed by atoms with E-state index in [1.807, 2.05) is 6.26 Å². The number of hydrogen-bond donors (Lipinski definition) is 2. The Kier molecular flexibility index (Phi) is 5.48. The average Bonchev–Trinajstić information content (AvgIpc) is 2.34.